The van der Waals surface area contributed by atoms with Crippen molar-refractivity contribution in [3.8, 4) is 11.5 Å². The van der Waals surface area contributed by atoms with Crippen LogP contribution in [0.3, 0.4) is 0 Å². The van der Waals surface area contributed by atoms with Crippen LogP contribution in [0.15, 0.2) is 71.1 Å². The molecule has 2 N–H and O–H groups in total. The number of hydrazone groups is 1. The lowest BCUT2D eigenvalue weighted by Crippen LogP contribution is -2.33. The second kappa shape index (κ2) is 10.2. The highest BCUT2D eigenvalue weighted by molar-refractivity contribution is 7.12. The van der Waals surface area contributed by atoms with Crippen molar-refractivity contribution in [3.63, 3.8) is 0 Å². The van der Waals surface area contributed by atoms with Gasteiger partial charge in [0.15, 0.2) is 0 Å². The lowest BCUT2D eigenvalue weighted by atomic mass is 10.1. The van der Waals surface area contributed by atoms with Gasteiger partial charge in [0, 0.05) is 11.3 Å². The van der Waals surface area contributed by atoms with E-state index in [2.05, 4.69) is 15.8 Å². The van der Waals surface area contributed by atoms with Crippen LogP contribution in [-0.2, 0) is 9.59 Å². The molecule has 0 aliphatic rings. The van der Waals surface area contributed by atoms with Crippen LogP contribution in [0.4, 0.5) is 5.69 Å². The molecule has 0 fully saturated rings. The van der Waals surface area contributed by atoms with Crippen LogP contribution in [0.25, 0.3) is 0 Å². The summed E-state index contributed by atoms with van der Waals surface area (Å²) in [5, 5.41) is 8.21. The summed E-state index contributed by atoms with van der Waals surface area (Å²) in [5.41, 5.74) is 3.51. The number of rotatable bonds is 6. The molecule has 1 aromatic heterocycles. The predicted octanol–water partition coefficient (Wildman–Crippen LogP) is 3.45. The Bertz CT molecular complexity index is 1110. The van der Waals surface area contributed by atoms with Crippen molar-refractivity contribution in [3.05, 3.63) is 76.5 Å². The second-order valence-corrected chi connectivity index (χ2v) is 7.13. The fourth-order valence-electron chi connectivity index (χ4n) is 2.51. The van der Waals surface area contributed by atoms with Gasteiger partial charge in [-0.15, -0.1) is 11.3 Å². The summed E-state index contributed by atoms with van der Waals surface area (Å²) in [7, 11) is 1.53. The van der Waals surface area contributed by atoms with E-state index in [1.54, 1.807) is 73.0 Å². The fraction of sp³-hybridized carbons (Fsp3) is 0.0909. The number of anilines is 1. The summed E-state index contributed by atoms with van der Waals surface area (Å²) >= 11 is 1.27. The summed E-state index contributed by atoms with van der Waals surface area (Å²) in [5.74, 6) is -1.39. The maximum atomic E-state index is 12.2. The number of hydrogen-bond acceptors (Lipinski definition) is 7. The molecule has 0 unspecified atom stereocenters. The topological polar surface area (TPSA) is 106 Å². The highest BCUT2D eigenvalue weighted by Gasteiger charge is 2.16. The standard InChI is InChI=1S/C22H19N3O5S/c1-14(17-6-3-4-7-18(17)30-22(28)19-8-5-13-31-19)24-25-21(27)20(26)23-15-9-11-16(29-2)12-10-15/h3-13H,1-2H3,(H,23,26)(H,25,27)/b24-14+. The third kappa shape index (κ3) is 5.77. The molecule has 0 saturated carbocycles. The molecule has 2 aromatic carbocycles. The van der Waals surface area contributed by atoms with Gasteiger partial charge in [0.05, 0.1) is 12.8 Å². The van der Waals surface area contributed by atoms with Gasteiger partial charge < -0.3 is 14.8 Å². The molecule has 1 heterocycles. The fourth-order valence-corrected chi connectivity index (χ4v) is 3.11. The minimum atomic E-state index is -0.941. The summed E-state index contributed by atoms with van der Waals surface area (Å²) < 4.78 is 10.5. The van der Waals surface area contributed by atoms with Crippen LogP contribution in [0.5, 0.6) is 11.5 Å². The minimum absolute atomic E-state index is 0.291. The Balaban J connectivity index is 1.64. The number of carbonyl (C=O) groups is 3. The Hall–Kier alpha value is -3.98. The Labute approximate surface area is 182 Å². The molecule has 0 atom stereocenters. The van der Waals surface area contributed by atoms with Gasteiger partial charge in [-0.1, -0.05) is 18.2 Å². The van der Waals surface area contributed by atoms with E-state index >= 15 is 0 Å². The lowest BCUT2D eigenvalue weighted by Gasteiger charge is -2.09. The number of carbonyl (C=O) groups excluding carboxylic acids is 3. The molecule has 0 saturated heterocycles. The van der Waals surface area contributed by atoms with Crippen LogP contribution in [0.1, 0.15) is 22.2 Å². The smallest absolute Gasteiger partial charge is 0.353 e. The molecule has 3 rings (SSSR count). The molecule has 0 spiro atoms. The van der Waals surface area contributed by atoms with Gasteiger partial charge >= 0.3 is 17.8 Å². The number of hydrogen-bond donors (Lipinski definition) is 2. The van der Waals surface area contributed by atoms with Crippen molar-refractivity contribution in [2.24, 2.45) is 5.10 Å². The molecule has 3 aromatic rings. The molecule has 2 amide bonds. The van der Waals surface area contributed by atoms with E-state index in [4.69, 9.17) is 9.47 Å². The number of nitrogens with one attached hydrogen (secondary N) is 2. The SMILES string of the molecule is COc1ccc(NC(=O)C(=O)N/N=C(\C)c2ccccc2OC(=O)c2cccs2)cc1. The molecule has 0 aliphatic carbocycles. The van der Waals surface area contributed by atoms with E-state index < -0.39 is 17.8 Å². The van der Waals surface area contributed by atoms with Crippen LogP contribution in [-0.4, -0.2) is 30.6 Å². The molecular weight excluding hydrogens is 418 g/mol. The van der Waals surface area contributed by atoms with Crippen molar-refractivity contribution >= 4 is 40.5 Å². The molecule has 0 bridgehead atoms. The largest absolute Gasteiger partial charge is 0.497 e. The van der Waals surface area contributed by atoms with Gasteiger partial charge in [0.2, 0.25) is 0 Å². The highest BCUT2D eigenvalue weighted by Crippen LogP contribution is 2.21. The van der Waals surface area contributed by atoms with Crippen LogP contribution in [0.2, 0.25) is 0 Å². The molecule has 31 heavy (non-hydrogen) atoms. The van der Waals surface area contributed by atoms with Gasteiger partial charge in [-0.3, -0.25) is 9.59 Å². The van der Waals surface area contributed by atoms with Crippen LogP contribution in [0, 0.1) is 0 Å². The molecule has 8 nitrogen and oxygen atoms in total. The van der Waals surface area contributed by atoms with Crippen LogP contribution >= 0.6 is 11.3 Å². The Kier molecular flexibility index (Phi) is 7.13. The monoisotopic (exact) mass is 437 g/mol. The first kappa shape index (κ1) is 21.7. The number of methoxy groups -OCH3 is 1. The average Bonchev–Trinajstić information content (AvgIpc) is 3.33. The molecule has 158 valence electrons. The quantitative estimate of drug-likeness (QED) is 0.202. The molecular formula is C22H19N3O5S. The van der Waals surface area contributed by atoms with Gasteiger partial charge in [-0.05, 0) is 54.8 Å². The summed E-state index contributed by atoms with van der Waals surface area (Å²) in [6.07, 6.45) is 0. The first-order valence-electron chi connectivity index (χ1n) is 9.12. The number of benzene rings is 2. The zero-order chi connectivity index (χ0) is 22.2. The van der Waals surface area contributed by atoms with Gasteiger partial charge in [0.25, 0.3) is 0 Å². The minimum Gasteiger partial charge on any atom is -0.497 e. The zero-order valence-electron chi connectivity index (χ0n) is 16.7. The Morgan fingerprint density at radius 1 is 0.935 bits per heavy atom. The number of esters is 1. The van der Waals surface area contributed by atoms with Gasteiger partial charge in [-0.2, -0.15) is 5.10 Å². The summed E-state index contributed by atoms with van der Waals surface area (Å²) in [4.78, 5) is 36.9. The van der Waals surface area contributed by atoms with E-state index in [1.807, 2.05) is 0 Å². The number of nitrogens with zero attached hydrogens (tertiary/aromatic N) is 1. The predicted molar refractivity (Wildman–Crippen MR) is 118 cm³/mol. The number of amides is 2. The van der Waals surface area contributed by atoms with Crippen molar-refractivity contribution in [1.29, 1.82) is 0 Å². The van der Waals surface area contributed by atoms with E-state index in [0.29, 0.717) is 33.3 Å². The number of ether oxygens (including phenoxy) is 2. The third-order valence-corrected chi connectivity index (χ3v) is 4.93. The van der Waals surface area contributed by atoms with E-state index in [-0.39, 0.29) is 0 Å². The lowest BCUT2D eigenvalue weighted by molar-refractivity contribution is -0.136. The summed E-state index contributed by atoms with van der Waals surface area (Å²) in [6.45, 7) is 1.62. The van der Waals surface area contributed by atoms with E-state index in [9.17, 15) is 14.4 Å². The molecule has 9 heteroatoms. The van der Waals surface area contributed by atoms with Crippen LogP contribution < -0.4 is 20.2 Å². The Morgan fingerprint density at radius 3 is 2.35 bits per heavy atom. The van der Waals surface area contributed by atoms with Crippen molar-refractivity contribution in [2.45, 2.75) is 6.92 Å². The average molecular weight is 437 g/mol. The maximum Gasteiger partial charge on any atom is 0.353 e. The van der Waals surface area contributed by atoms with E-state index in [0.717, 1.165) is 0 Å². The van der Waals surface area contributed by atoms with Crippen molar-refractivity contribution in [1.82, 2.24) is 5.43 Å². The zero-order valence-corrected chi connectivity index (χ0v) is 17.6. The number of para-hydroxylation sites is 1. The second-order valence-electron chi connectivity index (χ2n) is 6.18. The molecule has 0 radical (unpaired) electrons. The van der Waals surface area contributed by atoms with Crippen molar-refractivity contribution < 1.29 is 23.9 Å². The normalized spacial score (nSPS) is 10.8. The first-order valence-corrected chi connectivity index (χ1v) is 10.0. The number of thiophene rings is 1. The first-order chi connectivity index (χ1) is 15.0. The highest BCUT2D eigenvalue weighted by atomic mass is 32.1. The third-order valence-electron chi connectivity index (χ3n) is 4.08. The van der Waals surface area contributed by atoms with Gasteiger partial charge in [0.1, 0.15) is 16.4 Å². The maximum absolute atomic E-state index is 12.2. The Morgan fingerprint density at radius 2 is 1.68 bits per heavy atom. The van der Waals surface area contributed by atoms with Gasteiger partial charge in [-0.25, -0.2) is 10.2 Å². The van der Waals surface area contributed by atoms with Crippen molar-refractivity contribution in [2.75, 3.05) is 12.4 Å². The summed E-state index contributed by atoms with van der Waals surface area (Å²) in [6, 6.07) is 16.7. The molecule has 0 aliphatic heterocycles. The van der Waals surface area contributed by atoms with E-state index in [1.165, 1.54) is 18.4 Å².